The molecule has 0 unspecified atom stereocenters. The van der Waals surface area contributed by atoms with Crippen LogP contribution in [0.3, 0.4) is 0 Å². The third kappa shape index (κ3) is 3.53. The number of phenolic OH excluding ortho intramolecular Hbond substituents is 1. The van der Waals surface area contributed by atoms with Gasteiger partial charge in [-0.15, -0.1) is 0 Å². The second-order valence-corrected chi connectivity index (χ2v) is 7.12. The first kappa shape index (κ1) is 16.9. The summed E-state index contributed by atoms with van der Waals surface area (Å²) in [4.78, 5) is 16.9. The molecule has 0 saturated carbocycles. The number of benzene rings is 2. The van der Waals surface area contributed by atoms with Gasteiger partial charge in [0, 0.05) is 6.54 Å². The minimum absolute atomic E-state index is 0.0610. The van der Waals surface area contributed by atoms with Crippen LogP contribution in [0.1, 0.15) is 18.4 Å². The van der Waals surface area contributed by atoms with E-state index in [0.717, 1.165) is 38.0 Å². The number of aromatic hydroxyl groups is 1. The van der Waals surface area contributed by atoms with Crippen LogP contribution >= 0.6 is 0 Å². The highest BCUT2D eigenvalue weighted by Crippen LogP contribution is 2.32. The van der Waals surface area contributed by atoms with Crippen LogP contribution < -0.4 is 4.90 Å². The van der Waals surface area contributed by atoms with Gasteiger partial charge in [-0.3, -0.25) is 9.80 Å². The Labute approximate surface area is 153 Å². The number of rotatable bonds is 4. The number of nitrogens with zero attached hydrogens (tertiary/aromatic N) is 2. The number of carbonyl (C=O) groups excluding carboxylic acids is 1. The molecule has 0 radical (unpaired) electrons. The van der Waals surface area contributed by atoms with Crippen molar-refractivity contribution in [1.82, 2.24) is 4.90 Å². The van der Waals surface area contributed by atoms with Crippen molar-refractivity contribution >= 4 is 11.8 Å². The van der Waals surface area contributed by atoms with Gasteiger partial charge in [-0.25, -0.2) is 4.79 Å². The maximum Gasteiger partial charge on any atom is 0.415 e. The summed E-state index contributed by atoms with van der Waals surface area (Å²) in [7, 11) is 0. The van der Waals surface area contributed by atoms with Crippen molar-refractivity contribution in [3.63, 3.8) is 0 Å². The van der Waals surface area contributed by atoms with E-state index >= 15 is 0 Å². The standard InChI is InChI=1S/C21H24N2O3/c24-19-9-5-4-8-18(19)23(14-16-6-2-1-3-7-16)21(25)26-20-15-22-12-10-17(20)11-13-22/h1-9,17,20,24H,10-15H2/t20-/m0/s1. The molecule has 26 heavy (non-hydrogen) atoms. The van der Waals surface area contributed by atoms with Gasteiger partial charge in [-0.1, -0.05) is 42.5 Å². The number of anilines is 1. The fourth-order valence-electron chi connectivity index (χ4n) is 3.94. The third-order valence-corrected chi connectivity index (χ3v) is 5.42. The Balaban J connectivity index is 1.56. The molecule has 5 heteroatoms. The van der Waals surface area contributed by atoms with E-state index in [9.17, 15) is 9.90 Å². The summed E-state index contributed by atoms with van der Waals surface area (Å²) in [6.07, 6.45) is 1.73. The largest absolute Gasteiger partial charge is 0.506 e. The van der Waals surface area contributed by atoms with Crippen molar-refractivity contribution in [1.29, 1.82) is 0 Å². The molecule has 3 aliphatic rings. The van der Waals surface area contributed by atoms with Crippen molar-refractivity contribution in [2.45, 2.75) is 25.5 Å². The summed E-state index contributed by atoms with van der Waals surface area (Å²) in [6.45, 7) is 3.38. The molecule has 2 bridgehead atoms. The summed E-state index contributed by atoms with van der Waals surface area (Å²) in [6, 6.07) is 16.7. The third-order valence-electron chi connectivity index (χ3n) is 5.42. The van der Waals surface area contributed by atoms with Crippen LogP contribution in [0, 0.1) is 5.92 Å². The first-order valence-electron chi connectivity index (χ1n) is 9.23. The van der Waals surface area contributed by atoms with Gasteiger partial charge in [0.05, 0.1) is 12.2 Å². The molecular formula is C21H24N2O3. The lowest BCUT2D eigenvalue weighted by molar-refractivity contribution is -0.0311. The molecule has 1 amide bonds. The Kier molecular flexibility index (Phi) is 4.80. The lowest BCUT2D eigenvalue weighted by Crippen LogP contribution is -2.53. The van der Waals surface area contributed by atoms with Crippen LogP contribution in [-0.2, 0) is 11.3 Å². The molecule has 136 valence electrons. The zero-order chi connectivity index (χ0) is 17.9. The van der Waals surface area contributed by atoms with Gasteiger partial charge >= 0.3 is 6.09 Å². The molecule has 3 fully saturated rings. The molecular weight excluding hydrogens is 328 g/mol. The number of piperidine rings is 3. The average Bonchev–Trinajstić information content (AvgIpc) is 2.68. The summed E-state index contributed by atoms with van der Waals surface area (Å²) in [5.41, 5.74) is 1.46. The molecule has 2 aromatic carbocycles. The Bertz CT molecular complexity index is 757. The highest BCUT2D eigenvalue weighted by molar-refractivity contribution is 5.89. The quantitative estimate of drug-likeness (QED) is 0.913. The molecule has 1 atom stereocenters. The van der Waals surface area contributed by atoms with Gasteiger partial charge < -0.3 is 9.84 Å². The van der Waals surface area contributed by atoms with Crippen molar-refractivity contribution in [3.8, 4) is 5.75 Å². The maximum absolute atomic E-state index is 13.0. The Morgan fingerprint density at radius 2 is 1.77 bits per heavy atom. The topological polar surface area (TPSA) is 53.0 Å². The minimum atomic E-state index is -0.394. The fraction of sp³-hybridized carbons (Fsp3) is 0.381. The molecule has 1 N–H and O–H groups in total. The number of carbonyl (C=O) groups is 1. The number of phenols is 1. The molecule has 3 aliphatic heterocycles. The Morgan fingerprint density at radius 3 is 2.42 bits per heavy atom. The molecule has 5 rings (SSSR count). The van der Waals surface area contributed by atoms with Gasteiger partial charge in [0.15, 0.2) is 0 Å². The van der Waals surface area contributed by atoms with Gasteiger partial charge in [-0.2, -0.15) is 0 Å². The predicted molar refractivity (Wildman–Crippen MR) is 100 cm³/mol. The van der Waals surface area contributed by atoms with E-state index in [1.165, 1.54) is 4.90 Å². The van der Waals surface area contributed by atoms with Crippen LogP contribution in [0.2, 0.25) is 0 Å². The second kappa shape index (κ2) is 7.38. The van der Waals surface area contributed by atoms with Crippen LogP contribution in [0.5, 0.6) is 5.75 Å². The summed E-state index contributed by atoms with van der Waals surface area (Å²) in [5.74, 6) is 0.529. The minimum Gasteiger partial charge on any atom is -0.506 e. The Hall–Kier alpha value is -2.53. The monoisotopic (exact) mass is 352 g/mol. The van der Waals surface area contributed by atoms with Crippen LogP contribution in [0.15, 0.2) is 54.6 Å². The van der Waals surface area contributed by atoms with Crippen molar-refractivity contribution < 1.29 is 14.6 Å². The van der Waals surface area contributed by atoms with Gasteiger partial charge in [-0.05, 0) is 49.5 Å². The van der Waals surface area contributed by atoms with Crippen LogP contribution in [0.4, 0.5) is 10.5 Å². The molecule has 0 aromatic heterocycles. The normalized spacial score (nSPS) is 24.2. The zero-order valence-corrected chi connectivity index (χ0v) is 14.8. The number of ether oxygens (including phenoxy) is 1. The van der Waals surface area contributed by atoms with Gasteiger partial charge in [0.25, 0.3) is 0 Å². The lowest BCUT2D eigenvalue weighted by Gasteiger charge is -2.44. The second-order valence-electron chi connectivity index (χ2n) is 7.12. The van der Waals surface area contributed by atoms with E-state index in [0.29, 0.717) is 18.2 Å². The van der Waals surface area contributed by atoms with E-state index in [2.05, 4.69) is 4.90 Å². The van der Waals surface area contributed by atoms with E-state index in [-0.39, 0.29) is 11.9 Å². The number of fused-ring (bicyclic) bond motifs is 3. The van der Waals surface area contributed by atoms with Crippen molar-refractivity contribution in [3.05, 3.63) is 60.2 Å². The summed E-state index contributed by atoms with van der Waals surface area (Å²) in [5, 5.41) is 10.3. The number of amides is 1. The van der Waals surface area contributed by atoms with Crippen molar-refractivity contribution in [2.24, 2.45) is 5.92 Å². The maximum atomic E-state index is 13.0. The first-order chi connectivity index (χ1) is 12.7. The van der Waals surface area contributed by atoms with Crippen molar-refractivity contribution in [2.75, 3.05) is 24.5 Å². The highest BCUT2D eigenvalue weighted by Gasteiger charge is 2.37. The zero-order valence-electron chi connectivity index (χ0n) is 14.8. The van der Waals surface area contributed by atoms with E-state index < -0.39 is 6.09 Å². The molecule has 2 aromatic rings. The first-order valence-corrected chi connectivity index (χ1v) is 9.23. The molecule has 5 nitrogen and oxygen atoms in total. The number of hydrogen-bond donors (Lipinski definition) is 1. The number of hydrogen-bond acceptors (Lipinski definition) is 4. The molecule has 3 saturated heterocycles. The fourth-order valence-corrected chi connectivity index (χ4v) is 3.94. The predicted octanol–water partition coefficient (Wildman–Crippen LogP) is 3.63. The Morgan fingerprint density at radius 1 is 1.08 bits per heavy atom. The summed E-state index contributed by atoms with van der Waals surface area (Å²) >= 11 is 0. The average molecular weight is 352 g/mol. The van der Waals surface area contributed by atoms with E-state index in [1.807, 2.05) is 36.4 Å². The van der Waals surface area contributed by atoms with E-state index in [1.54, 1.807) is 18.2 Å². The molecule has 0 aliphatic carbocycles. The van der Waals surface area contributed by atoms with Gasteiger partial charge in [0.1, 0.15) is 11.9 Å². The lowest BCUT2D eigenvalue weighted by atomic mass is 9.86. The summed E-state index contributed by atoms with van der Waals surface area (Å²) < 4.78 is 5.90. The SMILES string of the molecule is O=C(O[C@H]1CN2CCC1CC2)N(Cc1ccccc1)c1ccccc1O. The van der Waals surface area contributed by atoms with Crippen LogP contribution in [-0.4, -0.2) is 41.8 Å². The molecule has 3 heterocycles. The van der Waals surface area contributed by atoms with E-state index in [4.69, 9.17) is 4.74 Å². The van der Waals surface area contributed by atoms with Crippen LogP contribution in [0.25, 0.3) is 0 Å². The number of para-hydroxylation sites is 2. The molecule has 0 spiro atoms. The van der Waals surface area contributed by atoms with Gasteiger partial charge in [0.2, 0.25) is 0 Å². The smallest absolute Gasteiger partial charge is 0.415 e. The highest BCUT2D eigenvalue weighted by atomic mass is 16.6.